The van der Waals surface area contributed by atoms with Crippen molar-refractivity contribution in [3.63, 3.8) is 0 Å². The molecule has 0 aliphatic heterocycles. The topological polar surface area (TPSA) is 83.1 Å². The van der Waals surface area contributed by atoms with Crippen LogP contribution in [0.25, 0.3) is 0 Å². The lowest BCUT2D eigenvalue weighted by molar-refractivity contribution is -0.183. The number of methoxy groups -OCH3 is 1. The molecule has 1 N–H and O–H groups in total. The molecule has 170 valence electrons. The molecule has 7 nitrogen and oxygen atoms in total. The number of halogens is 2. The monoisotopic (exact) mass is 449 g/mol. The maximum absolute atomic E-state index is 14.5. The highest BCUT2D eigenvalue weighted by molar-refractivity contribution is 7.52. The second-order valence-corrected chi connectivity index (χ2v) is 9.02. The van der Waals surface area contributed by atoms with E-state index in [1.165, 1.54) is 19.1 Å². The Balaban J connectivity index is 2.09. The predicted octanol–water partition coefficient (Wildman–Crippen LogP) is 4.71. The second-order valence-electron chi connectivity index (χ2n) is 7.33. The van der Waals surface area contributed by atoms with Crippen LogP contribution >= 0.6 is 7.75 Å². The van der Waals surface area contributed by atoms with E-state index >= 15 is 0 Å². The summed E-state index contributed by atoms with van der Waals surface area (Å²) < 4.78 is 61.9. The van der Waals surface area contributed by atoms with Crippen molar-refractivity contribution in [3.8, 4) is 5.75 Å². The van der Waals surface area contributed by atoms with E-state index in [1.807, 2.05) is 0 Å². The Morgan fingerprint density at radius 2 is 1.87 bits per heavy atom. The van der Waals surface area contributed by atoms with Crippen molar-refractivity contribution in [1.82, 2.24) is 5.09 Å². The summed E-state index contributed by atoms with van der Waals surface area (Å²) in [5.41, 5.74) is 0. The van der Waals surface area contributed by atoms with Gasteiger partial charge in [-0.2, -0.15) is 5.09 Å². The number of alkyl halides is 2. The van der Waals surface area contributed by atoms with Crippen LogP contribution in [-0.2, 0) is 23.4 Å². The predicted molar refractivity (Wildman–Crippen MR) is 108 cm³/mol. The van der Waals surface area contributed by atoms with Crippen molar-refractivity contribution in [2.24, 2.45) is 0 Å². The van der Waals surface area contributed by atoms with Crippen LogP contribution in [0.15, 0.2) is 30.3 Å². The average molecular weight is 449 g/mol. The first-order chi connectivity index (χ1) is 14.2. The van der Waals surface area contributed by atoms with Gasteiger partial charge in [-0.25, -0.2) is 13.3 Å². The van der Waals surface area contributed by atoms with Crippen LogP contribution in [0.5, 0.6) is 5.75 Å². The molecule has 1 fully saturated rings. The number of esters is 1. The van der Waals surface area contributed by atoms with Crippen LogP contribution in [0, 0.1) is 0 Å². The minimum Gasteiger partial charge on any atom is -0.461 e. The number of hydrogen-bond acceptors (Lipinski definition) is 6. The highest BCUT2D eigenvalue weighted by atomic mass is 31.2. The van der Waals surface area contributed by atoms with Gasteiger partial charge in [0.05, 0.1) is 0 Å². The first kappa shape index (κ1) is 24.7. The van der Waals surface area contributed by atoms with Gasteiger partial charge in [-0.3, -0.25) is 9.32 Å². The third-order valence-corrected chi connectivity index (χ3v) is 6.50. The summed E-state index contributed by atoms with van der Waals surface area (Å²) in [6, 6.07) is 6.95. The van der Waals surface area contributed by atoms with E-state index in [2.05, 4.69) is 9.82 Å². The van der Waals surface area contributed by atoms with E-state index in [4.69, 9.17) is 13.8 Å². The van der Waals surface area contributed by atoms with Gasteiger partial charge in [0.1, 0.15) is 24.5 Å². The van der Waals surface area contributed by atoms with Crippen LogP contribution in [0.2, 0.25) is 0 Å². The second kappa shape index (κ2) is 11.2. The number of carbonyl (C=O) groups excluding carboxylic acids is 1. The number of para-hydroxylation sites is 1. The molecule has 2 rings (SSSR count). The Morgan fingerprint density at radius 3 is 2.43 bits per heavy atom. The SMILES string of the molecule is CO[C@](F)(COP(=O)(NC(C)C(=O)OC1CCCCC1)Oc1ccccc1)[C@H](C)F. The van der Waals surface area contributed by atoms with E-state index in [9.17, 15) is 18.1 Å². The van der Waals surface area contributed by atoms with E-state index in [1.54, 1.807) is 18.2 Å². The molecule has 1 aromatic carbocycles. The Hall–Kier alpha value is -1.54. The maximum atomic E-state index is 14.5. The van der Waals surface area contributed by atoms with E-state index < -0.39 is 38.4 Å². The van der Waals surface area contributed by atoms with Gasteiger partial charge >= 0.3 is 13.7 Å². The minimum absolute atomic E-state index is 0.163. The largest absolute Gasteiger partial charge is 0.461 e. The molecule has 1 aliphatic rings. The summed E-state index contributed by atoms with van der Waals surface area (Å²) in [6.45, 7) is 1.38. The van der Waals surface area contributed by atoms with Crippen molar-refractivity contribution in [1.29, 1.82) is 0 Å². The standard InChI is InChI=1S/C20H30F2NO6P/c1-15(19(24)28-17-10-6-4-7-11-17)23-30(25,29-18-12-8-5-9-13-18)27-14-20(22,26-3)16(2)21/h5,8-9,12-13,15-17H,4,6-7,10-11,14H2,1-3H3,(H,23,25)/t15?,16-,20+,30?/m0/s1. The third-order valence-electron chi connectivity index (χ3n) is 4.87. The molecule has 0 saturated heterocycles. The van der Waals surface area contributed by atoms with Gasteiger partial charge in [-0.15, -0.1) is 0 Å². The molecular weight excluding hydrogens is 419 g/mol. The minimum atomic E-state index is -4.29. The van der Waals surface area contributed by atoms with Gasteiger partial charge < -0.3 is 14.0 Å². The summed E-state index contributed by atoms with van der Waals surface area (Å²) >= 11 is 0. The number of rotatable bonds is 11. The molecule has 0 spiro atoms. The molecule has 0 bridgehead atoms. The van der Waals surface area contributed by atoms with Gasteiger partial charge in [0, 0.05) is 7.11 Å². The fourth-order valence-corrected chi connectivity index (χ4v) is 4.46. The Labute approximate surface area is 176 Å². The Morgan fingerprint density at radius 1 is 1.23 bits per heavy atom. The molecule has 1 aromatic rings. The molecular formula is C20H30F2NO6P. The summed E-state index contributed by atoms with van der Waals surface area (Å²) in [7, 11) is -3.32. The van der Waals surface area contributed by atoms with Gasteiger partial charge in [-0.1, -0.05) is 24.6 Å². The summed E-state index contributed by atoms with van der Waals surface area (Å²) in [5.74, 6) is -3.29. The number of nitrogens with one attached hydrogen (secondary N) is 1. The highest BCUT2D eigenvalue weighted by Gasteiger charge is 2.42. The van der Waals surface area contributed by atoms with Crippen molar-refractivity contribution in [2.45, 2.75) is 70.1 Å². The van der Waals surface area contributed by atoms with Crippen LogP contribution in [0.4, 0.5) is 8.78 Å². The van der Waals surface area contributed by atoms with Gasteiger partial charge in [0.25, 0.3) is 5.85 Å². The van der Waals surface area contributed by atoms with Crippen molar-refractivity contribution < 1.29 is 36.7 Å². The Kier molecular flexibility index (Phi) is 9.22. The lowest BCUT2D eigenvalue weighted by atomic mass is 9.98. The van der Waals surface area contributed by atoms with E-state index in [0.29, 0.717) is 0 Å². The molecule has 0 heterocycles. The zero-order chi connectivity index (χ0) is 22.2. The fourth-order valence-electron chi connectivity index (χ4n) is 2.96. The van der Waals surface area contributed by atoms with E-state index in [-0.39, 0.29) is 11.9 Å². The lowest BCUT2D eigenvalue weighted by Gasteiger charge is -2.29. The number of carbonyl (C=O) groups is 1. The zero-order valence-electron chi connectivity index (χ0n) is 17.5. The number of ether oxygens (including phenoxy) is 2. The maximum Gasteiger partial charge on any atom is 0.459 e. The van der Waals surface area contributed by atoms with Gasteiger partial charge in [0.2, 0.25) is 0 Å². The van der Waals surface area contributed by atoms with Crippen LogP contribution < -0.4 is 9.61 Å². The first-order valence-electron chi connectivity index (χ1n) is 10.0. The molecule has 2 unspecified atom stereocenters. The smallest absolute Gasteiger partial charge is 0.459 e. The van der Waals surface area contributed by atoms with Crippen molar-refractivity contribution in [3.05, 3.63) is 30.3 Å². The molecule has 1 saturated carbocycles. The summed E-state index contributed by atoms with van der Waals surface area (Å²) in [5, 5.41) is 2.46. The van der Waals surface area contributed by atoms with E-state index in [0.717, 1.165) is 46.1 Å². The molecule has 30 heavy (non-hydrogen) atoms. The quantitative estimate of drug-likeness (QED) is 0.387. The molecule has 0 aromatic heterocycles. The third kappa shape index (κ3) is 7.30. The Bertz CT molecular complexity index is 717. The highest BCUT2D eigenvalue weighted by Crippen LogP contribution is 2.46. The average Bonchev–Trinajstić information content (AvgIpc) is 2.73. The fraction of sp³-hybridized carbons (Fsp3) is 0.650. The van der Waals surface area contributed by atoms with Crippen molar-refractivity contribution in [2.75, 3.05) is 13.7 Å². The van der Waals surface area contributed by atoms with Crippen LogP contribution in [-0.4, -0.2) is 43.9 Å². The first-order valence-corrected chi connectivity index (χ1v) is 11.6. The van der Waals surface area contributed by atoms with Gasteiger partial charge in [0.15, 0.2) is 6.17 Å². The zero-order valence-corrected chi connectivity index (χ0v) is 18.4. The molecule has 4 atom stereocenters. The molecule has 0 radical (unpaired) electrons. The van der Waals surface area contributed by atoms with Crippen molar-refractivity contribution >= 4 is 13.7 Å². The molecule has 1 aliphatic carbocycles. The van der Waals surface area contributed by atoms with Crippen LogP contribution in [0.3, 0.4) is 0 Å². The molecule has 10 heteroatoms. The number of hydrogen-bond donors (Lipinski definition) is 1. The van der Waals surface area contributed by atoms with Gasteiger partial charge in [-0.05, 0) is 51.7 Å². The molecule has 0 amide bonds. The summed E-state index contributed by atoms with van der Waals surface area (Å²) in [4.78, 5) is 12.4. The summed E-state index contributed by atoms with van der Waals surface area (Å²) in [6.07, 6.45) is 2.38. The number of benzene rings is 1. The normalized spacial score (nSPS) is 21.1. The van der Waals surface area contributed by atoms with Crippen LogP contribution in [0.1, 0.15) is 46.0 Å². The lowest BCUT2D eigenvalue weighted by Crippen LogP contribution is -2.42.